The summed E-state index contributed by atoms with van der Waals surface area (Å²) in [7, 11) is -20.9. The first-order valence-electron chi connectivity index (χ1n) is 12.5. The average molecular weight is 870 g/mol. The van der Waals surface area contributed by atoms with E-state index in [1.165, 1.54) is 18.2 Å². The van der Waals surface area contributed by atoms with E-state index in [1.807, 2.05) is 0 Å². The normalized spacial score (nSPS) is 11.7. The van der Waals surface area contributed by atoms with E-state index in [0.717, 1.165) is 0 Å². The molecule has 1 heterocycles. The maximum absolute atomic E-state index is 12.1. The zero-order valence-electron chi connectivity index (χ0n) is 27.6. The molecular weight excluding hydrogens is 854 g/mol. The number of hydrogen-bond donors (Lipinski definition) is 4. The number of carbonyl (C=O) groups is 1. The van der Waals surface area contributed by atoms with Gasteiger partial charge in [0, 0.05) is 17.6 Å². The van der Waals surface area contributed by atoms with Crippen molar-refractivity contribution in [2.45, 2.75) is 14.7 Å². The number of carbonyl (C=O) groups excluding carboxylic acids is 1. The molecule has 2 amide bonds. The van der Waals surface area contributed by atoms with Gasteiger partial charge in [0.05, 0.1) is 36.2 Å². The fourth-order valence-electron chi connectivity index (χ4n) is 3.89. The van der Waals surface area contributed by atoms with E-state index in [-0.39, 0.29) is 165 Å². The number of anilines is 4. The minimum absolute atomic E-state index is 0. The van der Waals surface area contributed by atoms with Crippen LogP contribution in [0.5, 0.6) is 0 Å². The summed E-state index contributed by atoms with van der Waals surface area (Å²) in [4.78, 5) is 19.6. The number of azo groups is 1. The fraction of sp³-hybridized carbons (Fsp3) is 0.0909. The van der Waals surface area contributed by atoms with Crippen molar-refractivity contribution in [3.05, 3.63) is 47.7 Å². The van der Waals surface area contributed by atoms with Gasteiger partial charge in [-0.2, -0.15) is 15.0 Å². The van der Waals surface area contributed by atoms with Crippen molar-refractivity contribution >= 4 is 104 Å². The van der Waals surface area contributed by atoms with Crippen LogP contribution in [0.25, 0.3) is 10.8 Å². The number of nitrogens with zero attached hydrogens (tertiary/aromatic N) is 5. The molecule has 5 N–H and O–H groups in total. The quantitative estimate of drug-likeness (QED) is 0.0583. The van der Waals surface area contributed by atoms with Gasteiger partial charge in [0.2, 0.25) is 17.2 Å². The Hall–Kier alpha value is -0.670. The zero-order valence-corrected chi connectivity index (χ0v) is 39.6. The Morgan fingerprint density at radius 1 is 0.736 bits per heavy atom. The van der Waals surface area contributed by atoms with Crippen LogP contribution in [0.4, 0.5) is 39.4 Å². The fourth-order valence-corrected chi connectivity index (χ4v) is 6.36. The number of halogens is 1. The molecule has 4 aromatic rings. The summed E-state index contributed by atoms with van der Waals surface area (Å²) in [5.41, 5.74) is 4.05. The maximum Gasteiger partial charge on any atom is 1.00 e. The van der Waals surface area contributed by atoms with Crippen LogP contribution in [-0.2, 0) is 40.5 Å². The van der Waals surface area contributed by atoms with Crippen LogP contribution in [0, 0.1) is 0 Å². The first-order valence-corrected chi connectivity index (χ1v) is 18.7. The molecule has 0 saturated heterocycles. The van der Waals surface area contributed by atoms with Gasteiger partial charge in [0.25, 0.3) is 0 Å². The third-order valence-electron chi connectivity index (χ3n) is 5.81. The summed E-state index contributed by atoms with van der Waals surface area (Å²) in [6, 6.07) is 4.46. The number of fused-ring (bicyclic) bond motifs is 1. The van der Waals surface area contributed by atoms with Gasteiger partial charge in [-0.25, -0.2) is 38.5 Å². The number of rotatable bonds is 12. The van der Waals surface area contributed by atoms with Crippen molar-refractivity contribution in [3.63, 3.8) is 0 Å². The number of primary amides is 1. The van der Waals surface area contributed by atoms with Crippen LogP contribution in [0.15, 0.2) is 67.4 Å². The second-order valence-electron chi connectivity index (χ2n) is 9.31. The minimum Gasteiger partial charge on any atom is -0.748 e. The number of urea groups is 1. The van der Waals surface area contributed by atoms with Gasteiger partial charge in [-0.1, -0.05) is 0 Å². The molecule has 53 heavy (non-hydrogen) atoms. The largest absolute Gasteiger partial charge is 1.00 e. The predicted molar refractivity (Wildman–Crippen MR) is 163 cm³/mol. The second kappa shape index (κ2) is 20.7. The van der Waals surface area contributed by atoms with Crippen molar-refractivity contribution in [2.75, 3.05) is 28.2 Å². The van der Waals surface area contributed by atoms with Crippen molar-refractivity contribution in [2.24, 2.45) is 16.0 Å². The molecule has 0 unspecified atom stereocenters. The standard InChI is InChI=1S/C22H20ClN9O13S4.4Na/c23-19-28-21(25-3-4-46(34,35)36)30-22(29-19)26-11-1-2-14(15(7-11)27-20(24)33)31-32-16-9-13-10(6-18(16)49(43,44)45)5-12(47(37,38)39)8-17(13)48(40,41)42;;;;/h1-2,5-9H,3-4H2,(H3,24,27,33)(H,34,35,36)(H,37,38,39)(H,40,41,42)(H,43,44,45)(H2,25,26,28,29,30);;;;/q;4*+1/p-4. The number of benzene rings is 3. The second-order valence-corrected chi connectivity index (χ2v) is 15.2. The zero-order chi connectivity index (χ0) is 36.5. The molecule has 22 nitrogen and oxygen atoms in total. The number of nitrogens with one attached hydrogen (secondary N) is 3. The van der Waals surface area contributed by atoms with Crippen LogP contribution in [-0.4, -0.2) is 85.2 Å². The summed E-state index contributed by atoms with van der Waals surface area (Å²) in [6.07, 6.45) is 0. The van der Waals surface area contributed by atoms with E-state index in [0.29, 0.717) is 18.2 Å². The molecule has 0 aliphatic carbocycles. The van der Waals surface area contributed by atoms with Gasteiger partial charge < -0.3 is 39.9 Å². The Balaban J connectivity index is 0.00000676. The van der Waals surface area contributed by atoms with E-state index < -0.39 is 83.4 Å². The Morgan fingerprint density at radius 2 is 1.32 bits per heavy atom. The predicted octanol–water partition coefficient (Wildman–Crippen LogP) is -11.0. The van der Waals surface area contributed by atoms with Crippen LogP contribution in [0.1, 0.15) is 0 Å². The molecule has 0 bridgehead atoms. The topological polar surface area (TPSA) is 371 Å². The number of nitrogens with two attached hydrogens (primary N) is 1. The van der Waals surface area contributed by atoms with Gasteiger partial charge in [-0.15, -0.1) is 10.2 Å². The van der Waals surface area contributed by atoms with Gasteiger partial charge >= 0.3 is 124 Å². The molecule has 31 heteroatoms. The van der Waals surface area contributed by atoms with Crippen LogP contribution in [0.3, 0.4) is 0 Å². The van der Waals surface area contributed by atoms with Crippen LogP contribution >= 0.6 is 11.6 Å². The number of aromatic nitrogens is 3. The molecule has 4 rings (SSSR count). The van der Waals surface area contributed by atoms with Crippen LogP contribution < -0.4 is 140 Å². The Bertz CT molecular complexity index is 2500. The first-order chi connectivity index (χ1) is 22.5. The summed E-state index contributed by atoms with van der Waals surface area (Å²) in [5, 5.41) is 13.3. The Kier molecular flexibility index (Phi) is 20.4. The maximum atomic E-state index is 12.1. The monoisotopic (exact) mass is 869 g/mol. The van der Waals surface area contributed by atoms with Crippen molar-refractivity contribution in [1.29, 1.82) is 0 Å². The molecule has 262 valence electrons. The molecule has 1 aromatic heterocycles. The van der Waals surface area contributed by atoms with Gasteiger partial charge in [-0.3, -0.25) is 0 Å². The van der Waals surface area contributed by atoms with Gasteiger partial charge in [-0.05, 0) is 59.5 Å². The van der Waals surface area contributed by atoms with E-state index >= 15 is 0 Å². The number of hydrogen-bond acceptors (Lipinski definition) is 20. The minimum atomic E-state index is -5.50. The number of amides is 2. The Labute approximate surface area is 394 Å². The van der Waals surface area contributed by atoms with E-state index in [2.05, 4.69) is 41.1 Å². The average Bonchev–Trinajstić information content (AvgIpc) is 2.93. The first kappa shape index (κ1) is 52.3. The smallest absolute Gasteiger partial charge is 0.748 e. The summed E-state index contributed by atoms with van der Waals surface area (Å²) >= 11 is 5.87. The summed E-state index contributed by atoms with van der Waals surface area (Å²) < 4.78 is 139. The SMILES string of the molecule is NC(=O)Nc1cc(Nc2nc(Cl)nc(NCCS(=O)(=O)[O-])n2)ccc1N=Nc1cc2c(S(=O)(=O)[O-])cc(S(=O)(=O)[O-])cc2cc1S(=O)(=O)[O-].[Na+].[Na+].[Na+].[Na+]. The molecule has 0 aliphatic rings. The van der Waals surface area contributed by atoms with E-state index in [4.69, 9.17) is 17.3 Å². The van der Waals surface area contributed by atoms with Gasteiger partial charge in [0.15, 0.2) is 0 Å². The molecule has 0 saturated carbocycles. The van der Waals surface area contributed by atoms with Crippen LogP contribution in [0.2, 0.25) is 5.28 Å². The summed E-state index contributed by atoms with van der Waals surface area (Å²) in [6.45, 7) is -0.359. The van der Waals surface area contributed by atoms with Crippen molar-refractivity contribution < 1.29 is 175 Å². The molecule has 0 radical (unpaired) electrons. The van der Waals surface area contributed by atoms with Gasteiger partial charge in [0.1, 0.15) is 41.7 Å². The Morgan fingerprint density at radius 3 is 1.87 bits per heavy atom. The molecule has 0 spiro atoms. The van der Waals surface area contributed by atoms with Crippen molar-refractivity contribution in [1.82, 2.24) is 15.0 Å². The molecule has 0 fully saturated rings. The third kappa shape index (κ3) is 15.3. The summed E-state index contributed by atoms with van der Waals surface area (Å²) in [5.74, 6) is -1.22. The molecular formula is C22H16ClN9Na4O13S4. The molecule has 0 atom stereocenters. The third-order valence-corrected chi connectivity index (χ3v) is 9.24. The molecule has 0 aliphatic heterocycles. The van der Waals surface area contributed by atoms with E-state index in [1.54, 1.807) is 0 Å². The van der Waals surface area contributed by atoms with Crippen molar-refractivity contribution in [3.8, 4) is 0 Å². The van der Waals surface area contributed by atoms with E-state index in [9.17, 15) is 56.7 Å². The molecule has 3 aromatic carbocycles.